The number of aromatic nitrogens is 1. The van der Waals surface area contributed by atoms with E-state index in [-0.39, 0.29) is 18.1 Å². The smallest absolute Gasteiger partial charge is 0.355 e. The van der Waals surface area contributed by atoms with E-state index in [1.165, 1.54) is 13.3 Å². The highest BCUT2D eigenvalue weighted by atomic mass is 16.5. The molecule has 90 valence electrons. The van der Waals surface area contributed by atoms with Gasteiger partial charge in [-0.15, -0.1) is 0 Å². The number of methoxy groups -OCH3 is 1. The molecule has 0 saturated carbocycles. The predicted octanol–water partition coefficient (Wildman–Crippen LogP) is 1.66. The number of pyridine rings is 1. The first kappa shape index (κ1) is 12.9. The molecule has 0 aromatic carbocycles. The maximum absolute atomic E-state index is 10.9. The molecule has 0 amide bonds. The van der Waals surface area contributed by atoms with Gasteiger partial charge in [-0.2, -0.15) is 0 Å². The molecule has 1 N–H and O–H groups in total. The molecule has 0 atom stereocenters. The topological polar surface area (TPSA) is 76.5 Å². The van der Waals surface area contributed by atoms with Crippen LogP contribution >= 0.6 is 0 Å². The highest BCUT2D eigenvalue weighted by molar-refractivity contribution is 5.90. The van der Waals surface area contributed by atoms with Crippen LogP contribution in [0.3, 0.4) is 0 Å². The van der Waals surface area contributed by atoms with Gasteiger partial charge >= 0.3 is 11.9 Å². The van der Waals surface area contributed by atoms with Gasteiger partial charge in [-0.1, -0.05) is 12.2 Å². The van der Waals surface area contributed by atoms with Crippen LogP contribution in [0.1, 0.15) is 28.0 Å². The molecule has 1 heterocycles. The number of carboxylic acid groups (broad SMARTS) is 1. The molecule has 0 unspecified atom stereocenters. The maximum Gasteiger partial charge on any atom is 0.355 e. The quantitative estimate of drug-likeness (QED) is 0.803. The van der Waals surface area contributed by atoms with Gasteiger partial charge in [-0.25, -0.2) is 9.78 Å². The summed E-state index contributed by atoms with van der Waals surface area (Å²) in [5, 5.41) is 8.92. The van der Waals surface area contributed by atoms with E-state index in [9.17, 15) is 9.59 Å². The predicted molar refractivity (Wildman–Crippen MR) is 61.6 cm³/mol. The van der Waals surface area contributed by atoms with E-state index in [0.29, 0.717) is 5.56 Å². The molecule has 0 aliphatic heterocycles. The molecule has 0 spiro atoms. The summed E-state index contributed by atoms with van der Waals surface area (Å²) in [6.45, 7) is 1.82. The Hall–Kier alpha value is -2.17. The zero-order chi connectivity index (χ0) is 12.8. The highest BCUT2D eigenvalue weighted by Gasteiger charge is 2.09. The van der Waals surface area contributed by atoms with Crippen molar-refractivity contribution in [3.63, 3.8) is 0 Å². The van der Waals surface area contributed by atoms with Crippen molar-refractivity contribution in [2.45, 2.75) is 13.3 Å². The first-order valence-electron chi connectivity index (χ1n) is 4.98. The molecule has 0 radical (unpaired) electrons. The molecule has 5 heteroatoms. The van der Waals surface area contributed by atoms with Crippen LogP contribution in [-0.2, 0) is 9.53 Å². The fourth-order valence-electron chi connectivity index (χ4n) is 1.26. The van der Waals surface area contributed by atoms with Crippen molar-refractivity contribution in [1.29, 1.82) is 0 Å². The van der Waals surface area contributed by atoms with Gasteiger partial charge in [-0.3, -0.25) is 4.79 Å². The summed E-state index contributed by atoms with van der Waals surface area (Å²) in [5.41, 5.74) is 1.30. The zero-order valence-electron chi connectivity index (χ0n) is 9.64. The second-order valence-corrected chi connectivity index (χ2v) is 3.44. The van der Waals surface area contributed by atoms with E-state index >= 15 is 0 Å². The number of rotatable bonds is 4. The van der Waals surface area contributed by atoms with Crippen molar-refractivity contribution in [3.8, 4) is 0 Å². The van der Waals surface area contributed by atoms with Gasteiger partial charge in [0.1, 0.15) is 0 Å². The van der Waals surface area contributed by atoms with Gasteiger partial charge in [0, 0.05) is 11.8 Å². The van der Waals surface area contributed by atoms with Gasteiger partial charge < -0.3 is 9.84 Å². The molecule has 5 nitrogen and oxygen atoms in total. The van der Waals surface area contributed by atoms with Crippen molar-refractivity contribution in [3.05, 3.63) is 35.2 Å². The normalized spacial score (nSPS) is 10.5. The maximum atomic E-state index is 10.9. The SMILES string of the molecule is COC(=O)CC=Cc1cc(C)cnc1C(=O)O. The van der Waals surface area contributed by atoms with Crippen molar-refractivity contribution in [2.75, 3.05) is 7.11 Å². The van der Waals surface area contributed by atoms with E-state index < -0.39 is 5.97 Å². The third kappa shape index (κ3) is 3.71. The van der Waals surface area contributed by atoms with Crippen LogP contribution in [0.25, 0.3) is 6.08 Å². The van der Waals surface area contributed by atoms with Crippen LogP contribution in [0.4, 0.5) is 0 Å². The minimum atomic E-state index is -1.09. The Morgan fingerprint density at radius 1 is 1.53 bits per heavy atom. The number of aromatic carboxylic acids is 1. The van der Waals surface area contributed by atoms with Crippen molar-refractivity contribution in [2.24, 2.45) is 0 Å². The Morgan fingerprint density at radius 3 is 2.82 bits per heavy atom. The molecule has 0 aliphatic carbocycles. The number of ether oxygens (including phenoxy) is 1. The van der Waals surface area contributed by atoms with Gasteiger partial charge in [0.15, 0.2) is 5.69 Å². The number of nitrogens with zero attached hydrogens (tertiary/aromatic N) is 1. The van der Waals surface area contributed by atoms with Gasteiger partial charge in [-0.05, 0) is 18.6 Å². The summed E-state index contributed by atoms with van der Waals surface area (Å²) in [7, 11) is 1.30. The average molecular weight is 235 g/mol. The Morgan fingerprint density at radius 2 is 2.24 bits per heavy atom. The summed E-state index contributed by atoms with van der Waals surface area (Å²) in [6, 6.07) is 1.70. The lowest BCUT2D eigenvalue weighted by molar-refractivity contribution is -0.139. The standard InChI is InChI=1S/C12H13NO4/c1-8-6-9(4-3-5-10(14)17-2)11(12(15)16)13-7-8/h3-4,6-7H,5H2,1-2H3,(H,15,16). The molecule has 1 rings (SSSR count). The Labute approximate surface area is 98.7 Å². The van der Waals surface area contributed by atoms with Crippen molar-refractivity contribution < 1.29 is 19.4 Å². The van der Waals surface area contributed by atoms with E-state index in [4.69, 9.17) is 5.11 Å². The van der Waals surface area contributed by atoms with Crippen LogP contribution in [0.5, 0.6) is 0 Å². The van der Waals surface area contributed by atoms with E-state index in [1.54, 1.807) is 18.2 Å². The summed E-state index contributed by atoms with van der Waals surface area (Å²) >= 11 is 0. The van der Waals surface area contributed by atoms with Crippen LogP contribution in [0.15, 0.2) is 18.3 Å². The lowest BCUT2D eigenvalue weighted by atomic mass is 10.1. The number of hydrogen-bond donors (Lipinski definition) is 1. The molecule has 0 bridgehead atoms. The van der Waals surface area contributed by atoms with Crippen molar-refractivity contribution in [1.82, 2.24) is 4.98 Å². The van der Waals surface area contributed by atoms with E-state index in [2.05, 4.69) is 9.72 Å². The molecule has 1 aromatic heterocycles. The van der Waals surface area contributed by atoms with E-state index in [1.807, 2.05) is 6.92 Å². The first-order valence-corrected chi connectivity index (χ1v) is 4.98. The molecule has 17 heavy (non-hydrogen) atoms. The Balaban J connectivity index is 2.92. The number of carbonyl (C=O) groups excluding carboxylic acids is 1. The van der Waals surface area contributed by atoms with Gasteiger partial charge in [0.25, 0.3) is 0 Å². The van der Waals surface area contributed by atoms with Gasteiger partial charge in [0.05, 0.1) is 13.5 Å². The summed E-state index contributed by atoms with van der Waals surface area (Å²) in [5.74, 6) is -1.47. The lowest BCUT2D eigenvalue weighted by Gasteiger charge is -2.01. The molecule has 0 aliphatic rings. The second kappa shape index (κ2) is 5.79. The van der Waals surface area contributed by atoms with Crippen LogP contribution in [0.2, 0.25) is 0 Å². The van der Waals surface area contributed by atoms with Gasteiger partial charge in [0.2, 0.25) is 0 Å². The van der Waals surface area contributed by atoms with Crippen LogP contribution < -0.4 is 0 Å². The first-order chi connectivity index (χ1) is 8.04. The molecule has 0 fully saturated rings. The Bertz CT molecular complexity index is 466. The number of carboxylic acids is 1. The second-order valence-electron chi connectivity index (χ2n) is 3.44. The molecular formula is C12H13NO4. The number of esters is 1. The summed E-state index contributed by atoms with van der Waals surface area (Å²) in [4.78, 5) is 25.6. The van der Waals surface area contributed by atoms with Crippen molar-refractivity contribution >= 4 is 18.0 Å². The Kier molecular flexibility index (Phi) is 4.39. The zero-order valence-corrected chi connectivity index (χ0v) is 9.64. The fraction of sp³-hybridized carbons (Fsp3) is 0.250. The number of carbonyl (C=O) groups is 2. The highest BCUT2D eigenvalue weighted by Crippen LogP contribution is 2.11. The number of hydrogen-bond acceptors (Lipinski definition) is 4. The third-order valence-corrected chi connectivity index (χ3v) is 2.07. The van der Waals surface area contributed by atoms with Crippen LogP contribution in [-0.4, -0.2) is 29.1 Å². The average Bonchev–Trinajstić information content (AvgIpc) is 2.28. The largest absolute Gasteiger partial charge is 0.476 e. The molecular weight excluding hydrogens is 222 g/mol. The third-order valence-electron chi connectivity index (χ3n) is 2.07. The minimum absolute atomic E-state index is 0.0308. The summed E-state index contributed by atoms with van der Waals surface area (Å²) in [6.07, 6.45) is 4.69. The van der Waals surface area contributed by atoms with E-state index in [0.717, 1.165) is 5.56 Å². The molecule has 0 saturated heterocycles. The number of aryl methyl sites for hydroxylation is 1. The monoisotopic (exact) mass is 235 g/mol. The summed E-state index contributed by atoms with van der Waals surface area (Å²) < 4.78 is 4.47. The fourth-order valence-corrected chi connectivity index (χ4v) is 1.26. The minimum Gasteiger partial charge on any atom is -0.476 e. The molecule has 1 aromatic rings. The lowest BCUT2D eigenvalue weighted by Crippen LogP contribution is -2.03. The van der Waals surface area contributed by atoms with Crippen LogP contribution in [0, 0.1) is 6.92 Å².